The first-order chi connectivity index (χ1) is 14.1. The largest absolute Gasteiger partial charge is 0.343 e. The van der Waals surface area contributed by atoms with E-state index >= 15 is 0 Å². The van der Waals surface area contributed by atoms with Crippen LogP contribution in [0.4, 0.5) is 11.4 Å². The summed E-state index contributed by atoms with van der Waals surface area (Å²) in [6.45, 7) is 1.83. The fraction of sp³-hybridized carbons (Fsp3) is 0.136. The Hall–Kier alpha value is -3.45. The third-order valence-electron chi connectivity index (χ3n) is 4.25. The summed E-state index contributed by atoms with van der Waals surface area (Å²) in [5, 5.41) is 9.97. The molecule has 0 fully saturated rings. The summed E-state index contributed by atoms with van der Waals surface area (Å²) < 4.78 is 0. The van der Waals surface area contributed by atoms with Gasteiger partial charge in [0.15, 0.2) is 0 Å². The Balaban J connectivity index is 1.62. The van der Waals surface area contributed by atoms with Gasteiger partial charge in [-0.15, -0.1) is 11.3 Å². The van der Waals surface area contributed by atoms with E-state index in [0.29, 0.717) is 16.1 Å². The van der Waals surface area contributed by atoms with Crippen LogP contribution in [0.2, 0.25) is 0 Å². The van der Waals surface area contributed by atoms with Gasteiger partial charge in [-0.25, -0.2) is 0 Å². The first-order valence-corrected chi connectivity index (χ1v) is 10.1. The predicted molar refractivity (Wildman–Crippen MR) is 115 cm³/mol. The summed E-state index contributed by atoms with van der Waals surface area (Å²) in [7, 11) is 0. The highest BCUT2D eigenvalue weighted by molar-refractivity contribution is 7.12. The average molecular weight is 407 g/mol. The molecule has 0 unspecified atom stereocenters. The molecule has 0 spiro atoms. The molecule has 0 radical (unpaired) electrons. The highest BCUT2D eigenvalue weighted by Crippen LogP contribution is 2.18. The maximum absolute atomic E-state index is 12.6. The van der Waals surface area contributed by atoms with Crippen LogP contribution in [0.3, 0.4) is 0 Å². The monoisotopic (exact) mass is 407 g/mol. The van der Waals surface area contributed by atoms with Crippen molar-refractivity contribution >= 4 is 40.4 Å². The lowest BCUT2D eigenvalue weighted by Crippen LogP contribution is -2.33. The number of aryl methyl sites for hydroxylation is 1. The van der Waals surface area contributed by atoms with Crippen LogP contribution in [0.1, 0.15) is 32.5 Å². The summed E-state index contributed by atoms with van der Waals surface area (Å²) in [6, 6.07) is 17.7. The number of carbonyl (C=O) groups is 3. The quantitative estimate of drug-likeness (QED) is 0.555. The number of rotatable bonds is 7. The van der Waals surface area contributed by atoms with Crippen LogP contribution in [0.15, 0.2) is 66.0 Å². The van der Waals surface area contributed by atoms with Gasteiger partial charge in [0.2, 0.25) is 5.91 Å². The van der Waals surface area contributed by atoms with E-state index in [1.54, 1.807) is 36.4 Å². The van der Waals surface area contributed by atoms with Gasteiger partial charge in [-0.1, -0.05) is 43.3 Å². The van der Waals surface area contributed by atoms with E-state index < -0.39 is 5.91 Å². The van der Waals surface area contributed by atoms with Crippen LogP contribution >= 0.6 is 11.3 Å². The van der Waals surface area contributed by atoms with Gasteiger partial charge in [-0.2, -0.15) is 0 Å². The second-order valence-corrected chi connectivity index (χ2v) is 7.17. The molecular weight excluding hydrogens is 386 g/mol. The first-order valence-electron chi connectivity index (χ1n) is 9.18. The van der Waals surface area contributed by atoms with Crippen LogP contribution in [-0.2, 0) is 11.2 Å². The maximum atomic E-state index is 12.6. The van der Waals surface area contributed by atoms with Crippen LogP contribution in [0, 0.1) is 0 Å². The highest BCUT2D eigenvalue weighted by atomic mass is 32.1. The smallest absolute Gasteiger partial charge is 0.265 e. The minimum Gasteiger partial charge on any atom is -0.343 e. The van der Waals surface area contributed by atoms with Crippen LogP contribution < -0.4 is 16.0 Å². The van der Waals surface area contributed by atoms with Gasteiger partial charge in [-0.05, 0) is 41.6 Å². The number of anilines is 2. The Morgan fingerprint density at radius 1 is 0.828 bits per heavy atom. The molecule has 0 aliphatic carbocycles. The Morgan fingerprint density at radius 2 is 1.55 bits per heavy atom. The molecule has 148 valence electrons. The molecule has 3 N–H and O–H groups in total. The molecule has 0 aliphatic rings. The van der Waals surface area contributed by atoms with Crippen molar-refractivity contribution in [2.45, 2.75) is 13.3 Å². The molecule has 6 nitrogen and oxygen atoms in total. The molecule has 0 atom stereocenters. The molecule has 3 amide bonds. The molecule has 0 aliphatic heterocycles. The van der Waals surface area contributed by atoms with Crippen molar-refractivity contribution in [3.63, 3.8) is 0 Å². The van der Waals surface area contributed by atoms with Gasteiger partial charge in [-0.3, -0.25) is 14.4 Å². The molecule has 3 rings (SSSR count). The zero-order valence-corrected chi connectivity index (χ0v) is 16.7. The SMILES string of the molecule is CCc1ccccc1NC(=O)CNC(=O)c1ccccc1NC(=O)c1cccs1. The number of amides is 3. The third kappa shape index (κ3) is 5.30. The Labute approximate surface area is 173 Å². The molecule has 1 heterocycles. The minimum atomic E-state index is -0.439. The van der Waals surface area contributed by atoms with E-state index in [4.69, 9.17) is 0 Å². The average Bonchev–Trinajstić information content (AvgIpc) is 3.28. The van der Waals surface area contributed by atoms with E-state index in [9.17, 15) is 14.4 Å². The van der Waals surface area contributed by atoms with Gasteiger partial charge in [0.05, 0.1) is 22.7 Å². The van der Waals surface area contributed by atoms with E-state index in [0.717, 1.165) is 17.7 Å². The molecule has 2 aromatic carbocycles. The van der Waals surface area contributed by atoms with Crippen molar-refractivity contribution < 1.29 is 14.4 Å². The summed E-state index contributed by atoms with van der Waals surface area (Å²) in [6.07, 6.45) is 0.792. The lowest BCUT2D eigenvalue weighted by atomic mass is 10.1. The van der Waals surface area contributed by atoms with Crippen molar-refractivity contribution in [2.24, 2.45) is 0 Å². The van der Waals surface area contributed by atoms with E-state index in [1.165, 1.54) is 11.3 Å². The van der Waals surface area contributed by atoms with Crippen molar-refractivity contribution in [2.75, 3.05) is 17.2 Å². The number of para-hydroxylation sites is 2. The molecule has 7 heteroatoms. The summed E-state index contributed by atoms with van der Waals surface area (Å²) in [5.74, 6) is -1.04. The van der Waals surface area contributed by atoms with Gasteiger partial charge in [0.1, 0.15) is 0 Å². The van der Waals surface area contributed by atoms with Crippen molar-refractivity contribution in [3.05, 3.63) is 82.0 Å². The van der Waals surface area contributed by atoms with Crippen molar-refractivity contribution in [3.8, 4) is 0 Å². The number of hydrogen-bond donors (Lipinski definition) is 3. The van der Waals surface area contributed by atoms with Gasteiger partial charge >= 0.3 is 0 Å². The molecule has 3 aromatic rings. The summed E-state index contributed by atoms with van der Waals surface area (Å²) in [5.41, 5.74) is 2.44. The summed E-state index contributed by atoms with van der Waals surface area (Å²) >= 11 is 1.32. The number of thiophene rings is 1. The fourth-order valence-electron chi connectivity index (χ4n) is 2.78. The van der Waals surface area contributed by atoms with Crippen LogP contribution in [0.5, 0.6) is 0 Å². The number of hydrogen-bond acceptors (Lipinski definition) is 4. The maximum Gasteiger partial charge on any atom is 0.265 e. The zero-order valence-electron chi connectivity index (χ0n) is 15.9. The summed E-state index contributed by atoms with van der Waals surface area (Å²) in [4.78, 5) is 37.6. The Kier molecular flexibility index (Phi) is 6.76. The van der Waals surface area contributed by atoms with Gasteiger partial charge < -0.3 is 16.0 Å². The molecule has 0 saturated heterocycles. The topological polar surface area (TPSA) is 87.3 Å². The molecule has 1 aromatic heterocycles. The number of nitrogens with one attached hydrogen (secondary N) is 3. The van der Waals surface area contributed by atoms with Crippen LogP contribution in [-0.4, -0.2) is 24.3 Å². The van der Waals surface area contributed by atoms with Gasteiger partial charge in [0, 0.05) is 5.69 Å². The normalized spacial score (nSPS) is 10.2. The first kappa shape index (κ1) is 20.3. The second-order valence-electron chi connectivity index (χ2n) is 6.22. The number of carbonyl (C=O) groups excluding carboxylic acids is 3. The predicted octanol–water partition coefficient (Wildman–Crippen LogP) is 3.93. The fourth-order valence-corrected chi connectivity index (χ4v) is 3.40. The number of benzene rings is 2. The van der Waals surface area contributed by atoms with E-state index in [1.807, 2.05) is 36.6 Å². The van der Waals surface area contributed by atoms with Crippen molar-refractivity contribution in [1.82, 2.24) is 5.32 Å². The van der Waals surface area contributed by atoms with Crippen LogP contribution in [0.25, 0.3) is 0 Å². The highest BCUT2D eigenvalue weighted by Gasteiger charge is 2.15. The van der Waals surface area contributed by atoms with Crippen molar-refractivity contribution in [1.29, 1.82) is 0 Å². The third-order valence-corrected chi connectivity index (χ3v) is 5.12. The molecule has 0 bridgehead atoms. The van der Waals surface area contributed by atoms with E-state index in [-0.39, 0.29) is 18.4 Å². The molecule has 0 saturated carbocycles. The second kappa shape index (κ2) is 9.66. The zero-order chi connectivity index (χ0) is 20.6. The Morgan fingerprint density at radius 3 is 2.28 bits per heavy atom. The molecular formula is C22H21N3O3S. The molecule has 29 heavy (non-hydrogen) atoms. The van der Waals surface area contributed by atoms with E-state index in [2.05, 4.69) is 16.0 Å². The standard InChI is InChI=1S/C22H21N3O3S/c1-2-15-8-3-5-10-17(15)24-20(26)14-23-21(27)16-9-4-6-11-18(16)25-22(28)19-12-7-13-29-19/h3-13H,2,14H2,1H3,(H,23,27)(H,24,26)(H,25,28). The lowest BCUT2D eigenvalue weighted by Gasteiger charge is -2.12. The van der Waals surface area contributed by atoms with Gasteiger partial charge in [0.25, 0.3) is 11.8 Å². The Bertz CT molecular complexity index is 1020. The minimum absolute atomic E-state index is 0.177. The lowest BCUT2D eigenvalue weighted by molar-refractivity contribution is -0.115.